The molecule has 1 unspecified atom stereocenters. The molecular weight excluding hydrogens is 388 g/mol. The van der Waals surface area contributed by atoms with Gasteiger partial charge in [0.25, 0.3) is 0 Å². The molecule has 0 saturated heterocycles. The molecule has 0 radical (unpaired) electrons. The largest absolute Gasteiger partial charge is 0.490 e. The summed E-state index contributed by atoms with van der Waals surface area (Å²) in [6.45, 7) is 3.17. The van der Waals surface area contributed by atoms with Gasteiger partial charge in [0, 0.05) is 6.07 Å². The van der Waals surface area contributed by atoms with Crippen LogP contribution in [0.4, 0.5) is 0 Å². The van der Waals surface area contributed by atoms with E-state index in [-0.39, 0.29) is 11.9 Å². The number of unbranched alkanes of at least 4 members (excludes halogenated alkanes) is 2. The maximum Gasteiger partial charge on any atom is 0.170 e. The Morgan fingerprint density at radius 3 is 2.35 bits per heavy atom. The van der Waals surface area contributed by atoms with Crippen molar-refractivity contribution in [3.05, 3.63) is 89.5 Å². The molecule has 1 atom stereocenters. The lowest BCUT2D eigenvalue weighted by Crippen LogP contribution is -2.20. The van der Waals surface area contributed by atoms with E-state index in [2.05, 4.69) is 6.92 Å². The predicted octanol–water partition coefficient (Wildman–Crippen LogP) is 6.54. The third kappa shape index (κ3) is 5.26. The average molecular weight is 417 g/mol. The summed E-state index contributed by atoms with van der Waals surface area (Å²) in [5.41, 5.74) is 2.62. The first kappa shape index (κ1) is 21.0. The van der Waals surface area contributed by atoms with E-state index in [1.807, 2.05) is 60.7 Å². The van der Waals surface area contributed by atoms with E-state index in [1.165, 1.54) is 0 Å². The second-order valence-corrected chi connectivity index (χ2v) is 7.77. The van der Waals surface area contributed by atoms with E-state index in [4.69, 9.17) is 14.2 Å². The van der Waals surface area contributed by atoms with Crippen molar-refractivity contribution in [3.8, 4) is 17.2 Å². The van der Waals surface area contributed by atoms with Crippen molar-refractivity contribution in [2.75, 3.05) is 6.61 Å². The Morgan fingerprint density at radius 2 is 1.61 bits per heavy atom. The number of hydrogen-bond donors (Lipinski definition) is 0. The van der Waals surface area contributed by atoms with E-state index >= 15 is 0 Å². The Hall–Kier alpha value is -3.27. The van der Waals surface area contributed by atoms with Gasteiger partial charge in [-0.2, -0.15) is 0 Å². The minimum absolute atomic E-state index is 0.0584. The van der Waals surface area contributed by atoms with Crippen molar-refractivity contribution in [2.45, 2.75) is 45.3 Å². The highest BCUT2D eigenvalue weighted by Gasteiger charge is 2.29. The Balaban J connectivity index is 1.59. The molecule has 1 aliphatic heterocycles. The molecule has 0 aliphatic carbocycles. The number of hydrogen-bond acceptors (Lipinski definition) is 4. The van der Waals surface area contributed by atoms with E-state index in [0.717, 1.165) is 30.4 Å². The van der Waals surface area contributed by atoms with E-state index in [1.54, 1.807) is 12.1 Å². The van der Waals surface area contributed by atoms with Gasteiger partial charge in [0.05, 0.1) is 18.6 Å². The number of benzene rings is 3. The van der Waals surface area contributed by atoms with Crippen LogP contribution in [-0.4, -0.2) is 12.4 Å². The van der Waals surface area contributed by atoms with Gasteiger partial charge in [-0.3, -0.25) is 4.79 Å². The summed E-state index contributed by atoms with van der Waals surface area (Å²) in [6.07, 6.45) is 3.21. The van der Waals surface area contributed by atoms with Crippen molar-refractivity contribution in [1.29, 1.82) is 0 Å². The van der Waals surface area contributed by atoms with Crippen LogP contribution in [0.1, 0.15) is 60.2 Å². The van der Waals surface area contributed by atoms with Gasteiger partial charge in [-0.15, -0.1) is 0 Å². The molecule has 1 aliphatic rings. The summed E-state index contributed by atoms with van der Waals surface area (Å²) in [7, 11) is 0. The number of fused-ring (bicyclic) bond motifs is 1. The molecule has 0 amide bonds. The first-order valence-electron chi connectivity index (χ1n) is 11.0. The summed E-state index contributed by atoms with van der Waals surface area (Å²) >= 11 is 0. The number of carbonyl (C=O) groups excluding carboxylic acids is 1. The minimum atomic E-state index is -0.292. The summed E-state index contributed by atoms with van der Waals surface area (Å²) in [5.74, 6) is 1.80. The Morgan fingerprint density at radius 1 is 0.903 bits per heavy atom. The molecule has 1 heterocycles. The lowest BCUT2D eigenvalue weighted by Gasteiger charge is -2.27. The molecule has 0 bridgehead atoms. The molecule has 0 aromatic heterocycles. The van der Waals surface area contributed by atoms with Crippen LogP contribution >= 0.6 is 0 Å². The van der Waals surface area contributed by atoms with E-state index in [0.29, 0.717) is 42.4 Å². The first-order valence-corrected chi connectivity index (χ1v) is 11.0. The maximum atomic E-state index is 12.9. The lowest BCUT2D eigenvalue weighted by atomic mass is 9.96. The zero-order valence-corrected chi connectivity index (χ0v) is 17.9. The highest BCUT2D eigenvalue weighted by Crippen LogP contribution is 2.42. The lowest BCUT2D eigenvalue weighted by molar-refractivity contribution is 0.0847. The molecular formula is C27H28O4. The standard InChI is InChI=1S/C27H28O4/c1-2-3-10-15-29-26-16-22-23(28)17-24(21-13-8-5-9-14-21)31-25(22)18-27(26)30-19-20-11-6-4-7-12-20/h4-9,11-14,16,18,24H,2-3,10,15,17,19H2,1H3. The fraction of sp³-hybridized carbons (Fsp3) is 0.296. The van der Waals surface area contributed by atoms with Gasteiger partial charge in [0.15, 0.2) is 17.3 Å². The van der Waals surface area contributed by atoms with Gasteiger partial charge in [-0.1, -0.05) is 80.4 Å². The summed E-state index contributed by atoms with van der Waals surface area (Å²) < 4.78 is 18.3. The Labute approximate surface area is 183 Å². The molecule has 4 nitrogen and oxygen atoms in total. The zero-order valence-electron chi connectivity index (χ0n) is 17.9. The molecule has 3 aromatic rings. The van der Waals surface area contributed by atoms with Crippen molar-refractivity contribution in [2.24, 2.45) is 0 Å². The van der Waals surface area contributed by atoms with Crippen LogP contribution in [0.15, 0.2) is 72.8 Å². The van der Waals surface area contributed by atoms with Gasteiger partial charge < -0.3 is 14.2 Å². The summed E-state index contributed by atoms with van der Waals surface area (Å²) in [6, 6.07) is 23.4. The van der Waals surface area contributed by atoms with Crippen LogP contribution in [0, 0.1) is 0 Å². The molecule has 0 N–H and O–H groups in total. The van der Waals surface area contributed by atoms with E-state index in [9.17, 15) is 4.79 Å². The van der Waals surface area contributed by atoms with Crippen molar-refractivity contribution in [1.82, 2.24) is 0 Å². The second-order valence-electron chi connectivity index (χ2n) is 7.77. The van der Waals surface area contributed by atoms with Crippen LogP contribution < -0.4 is 14.2 Å². The van der Waals surface area contributed by atoms with Crippen LogP contribution in [0.25, 0.3) is 0 Å². The van der Waals surface area contributed by atoms with Gasteiger partial charge in [0.2, 0.25) is 0 Å². The molecule has 4 heteroatoms. The van der Waals surface area contributed by atoms with Gasteiger partial charge in [0.1, 0.15) is 18.5 Å². The molecule has 31 heavy (non-hydrogen) atoms. The fourth-order valence-corrected chi connectivity index (χ4v) is 3.68. The fourth-order valence-electron chi connectivity index (χ4n) is 3.68. The van der Waals surface area contributed by atoms with Crippen LogP contribution in [0.2, 0.25) is 0 Å². The minimum Gasteiger partial charge on any atom is -0.490 e. The monoisotopic (exact) mass is 416 g/mol. The number of ketones is 1. The first-order chi connectivity index (χ1) is 15.2. The van der Waals surface area contributed by atoms with Gasteiger partial charge >= 0.3 is 0 Å². The summed E-state index contributed by atoms with van der Waals surface area (Å²) in [5, 5.41) is 0. The quantitative estimate of drug-likeness (QED) is 0.372. The van der Waals surface area contributed by atoms with E-state index < -0.39 is 0 Å². The third-order valence-corrected chi connectivity index (χ3v) is 5.40. The number of Topliss-reactive ketones (excluding diaryl/α,β-unsaturated/α-hetero) is 1. The van der Waals surface area contributed by atoms with Gasteiger partial charge in [-0.25, -0.2) is 0 Å². The predicted molar refractivity (Wildman–Crippen MR) is 121 cm³/mol. The van der Waals surface area contributed by atoms with Crippen LogP contribution in [0.3, 0.4) is 0 Å². The summed E-state index contributed by atoms with van der Waals surface area (Å²) in [4.78, 5) is 12.9. The van der Waals surface area contributed by atoms with Gasteiger partial charge in [-0.05, 0) is 23.6 Å². The molecule has 4 rings (SSSR count). The van der Waals surface area contributed by atoms with Crippen molar-refractivity contribution in [3.63, 3.8) is 0 Å². The average Bonchev–Trinajstić information content (AvgIpc) is 2.82. The SMILES string of the molecule is CCCCCOc1cc2c(cc1OCc1ccccc1)OC(c1ccccc1)CC2=O. The maximum absolute atomic E-state index is 12.9. The Kier molecular flexibility index (Phi) is 6.88. The number of carbonyl (C=O) groups is 1. The molecule has 0 fully saturated rings. The smallest absolute Gasteiger partial charge is 0.170 e. The number of ether oxygens (including phenoxy) is 3. The van der Waals surface area contributed by atoms with Crippen LogP contribution in [-0.2, 0) is 6.61 Å². The molecule has 0 saturated carbocycles. The Bertz CT molecular complexity index is 999. The zero-order chi connectivity index (χ0) is 21.5. The molecule has 160 valence electrons. The van der Waals surface area contributed by atoms with Crippen molar-refractivity contribution < 1.29 is 19.0 Å². The molecule has 0 spiro atoms. The van der Waals surface area contributed by atoms with Crippen molar-refractivity contribution >= 4 is 5.78 Å². The highest BCUT2D eigenvalue weighted by atomic mass is 16.5. The second kappa shape index (κ2) is 10.2. The van der Waals surface area contributed by atoms with Crippen LogP contribution in [0.5, 0.6) is 17.2 Å². The topological polar surface area (TPSA) is 44.8 Å². The number of rotatable bonds is 9. The normalized spacial score (nSPS) is 15.1. The molecule has 3 aromatic carbocycles. The highest BCUT2D eigenvalue weighted by molar-refractivity contribution is 6.00. The third-order valence-electron chi connectivity index (χ3n) is 5.40.